The van der Waals surface area contributed by atoms with E-state index in [1.54, 1.807) is 23.5 Å². The van der Waals surface area contributed by atoms with Gasteiger partial charge in [0.2, 0.25) is 0 Å². The molecule has 0 bridgehead atoms. The van der Waals surface area contributed by atoms with E-state index in [1.807, 2.05) is 24.4 Å². The third-order valence-electron chi connectivity index (χ3n) is 4.61. The van der Waals surface area contributed by atoms with Crippen LogP contribution in [0.2, 0.25) is 0 Å². The number of rotatable bonds is 3. The fraction of sp³-hybridized carbons (Fsp3) is 0.150. The number of amides is 1. The number of aryl methyl sites for hydroxylation is 2. The minimum absolute atomic E-state index is 0.205. The van der Waals surface area contributed by atoms with Crippen LogP contribution >= 0.6 is 11.3 Å². The summed E-state index contributed by atoms with van der Waals surface area (Å²) < 4.78 is 2.27. The Morgan fingerprint density at radius 2 is 1.83 bits per heavy atom. The number of hydrogen-bond donors (Lipinski definition) is 1. The van der Waals surface area contributed by atoms with E-state index in [1.165, 1.54) is 30.9 Å². The molecule has 3 aromatic heterocycles. The highest BCUT2D eigenvalue weighted by atomic mass is 32.1. The SMILES string of the molecule is Cc1nc(-c2ccc(NC(=O)c3cnc4c(c3)c(=O)n(C)c(=O)n4C)cc2)cs1. The van der Waals surface area contributed by atoms with Gasteiger partial charge in [0.25, 0.3) is 11.5 Å². The Kier molecular flexibility index (Phi) is 4.59. The zero-order valence-corrected chi connectivity index (χ0v) is 16.8. The van der Waals surface area contributed by atoms with E-state index in [0.29, 0.717) is 5.69 Å². The largest absolute Gasteiger partial charge is 0.332 e. The van der Waals surface area contributed by atoms with E-state index >= 15 is 0 Å². The van der Waals surface area contributed by atoms with Crippen LogP contribution in [-0.2, 0) is 14.1 Å². The summed E-state index contributed by atoms with van der Waals surface area (Å²) >= 11 is 1.58. The molecular formula is C20H17N5O3S. The molecule has 0 saturated carbocycles. The number of anilines is 1. The topological polar surface area (TPSA) is 98.9 Å². The van der Waals surface area contributed by atoms with Crippen molar-refractivity contribution in [3.8, 4) is 11.3 Å². The van der Waals surface area contributed by atoms with E-state index < -0.39 is 17.2 Å². The van der Waals surface area contributed by atoms with Crippen molar-refractivity contribution >= 4 is 34.0 Å². The van der Waals surface area contributed by atoms with Gasteiger partial charge >= 0.3 is 5.69 Å². The van der Waals surface area contributed by atoms with Crippen LogP contribution in [0.15, 0.2) is 51.5 Å². The summed E-state index contributed by atoms with van der Waals surface area (Å²) in [6.07, 6.45) is 1.35. The number of aromatic nitrogens is 4. The number of carbonyl (C=O) groups is 1. The van der Waals surface area contributed by atoms with Gasteiger partial charge in [-0.1, -0.05) is 12.1 Å². The molecule has 1 amide bonds. The maximum Gasteiger partial charge on any atom is 0.332 e. The lowest BCUT2D eigenvalue weighted by molar-refractivity contribution is 0.102. The number of fused-ring (bicyclic) bond motifs is 1. The predicted octanol–water partition coefficient (Wildman–Crippen LogP) is 2.32. The molecule has 1 N–H and O–H groups in total. The first kappa shape index (κ1) is 18.8. The summed E-state index contributed by atoms with van der Waals surface area (Å²) in [7, 11) is 2.92. The monoisotopic (exact) mass is 407 g/mol. The number of nitrogens with one attached hydrogen (secondary N) is 1. The number of benzene rings is 1. The standard InChI is InChI=1S/C20H17N5O3S/c1-11-22-16(10-29-11)12-4-6-14(7-5-12)23-18(26)13-8-15-17(21-9-13)24(2)20(28)25(3)19(15)27/h4-10H,1-3H3,(H,23,26). The first-order valence-corrected chi connectivity index (χ1v) is 9.63. The highest BCUT2D eigenvalue weighted by Crippen LogP contribution is 2.23. The molecule has 29 heavy (non-hydrogen) atoms. The third kappa shape index (κ3) is 3.36. The summed E-state index contributed by atoms with van der Waals surface area (Å²) in [4.78, 5) is 45.6. The molecule has 4 rings (SSSR count). The molecular weight excluding hydrogens is 390 g/mol. The molecule has 9 heteroatoms. The Hall–Kier alpha value is -3.59. The second kappa shape index (κ2) is 7.10. The molecule has 8 nitrogen and oxygen atoms in total. The lowest BCUT2D eigenvalue weighted by atomic mass is 10.1. The first-order chi connectivity index (χ1) is 13.8. The normalized spacial score (nSPS) is 11.0. The second-order valence-electron chi connectivity index (χ2n) is 6.58. The fourth-order valence-electron chi connectivity index (χ4n) is 3.01. The number of thiazole rings is 1. The van der Waals surface area contributed by atoms with E-state index in [-0.39, 0.29) is 16.6 Å². The molecule has 4 aromatic rings. The lowest BCUT2D eigenvalue weighted by Gasteiger charge is -2.09. The van der Waals surface area contributed by atoms with Gasteiger partial charge in [0.05, 0.1) is 21.7 Å². The first-order valence-electron chi connectivity index (χ1n) is 8.75. The maximum atomic E-state index is 12.6. The Bertz CT molecular complexity index is 1370. The fourth-order valence-corrected chi connectivity index (χ4v) is 3.64. The third-order valence-corrected chi connectivity index (χ3v) is 5.39. The van der Waals surface area contributed by atoms with Gasteiger partial charge < -0.3 is 5.32 Å². The van der Waals surface area contributed by atoms with Crippen LogP contribution in [0, 0.1) is 6.92 Å². The molecule has 146 valence electrons. The zero-order chi connectivity index (χ0) is 20.7. The molecule has 0 spiro atoms. The summed E-state index contributed by atoms with van der Waals surface area (Å²) in [5.41, 5.74) is 1.97. The summed E-state index contributed by atoms with van der Waals surface area (Å²) in [6, 6.07) is 8.80. The van der Waals surface area contributed by atoms with Crippen LogP contribution in [-0.4, -0.2) is 25.0 Å². The average molecular weight is 407 g/mol. The molecule has 0 unspecified atom stereocenters. The van der Waals surface area contributed by atoms with Gasteiger partial charge in [-0.15, -0.1) is 11.3 Å². The average Bonchev–Trinajstić information content (AvgIpc) is 3.17. The van der Waals surface area contributed by atoms with Gasteiger partial charge in [-0.2, -0.15) is 0 Å². The Labute approximate surface area is 169 Å². The van der Waals surface area contributed by atoms with Crippen LogP contribution in [0.5, 0.6) is 0 Å². The highest BCUT2D eigenvalue weighted by molar-refractivity contribution is 7.09. The van der Waals surface area contributed by atoms with Crippen molar-refractivity contribution in [1.29, 1.82) is 0 Å². The minimum Gasteiger partial charge on any atom is -0.322 e. The molecule has 0 radical (unpaired) electrons. The molecule has 0 aliphatic heterocycles. The number of pyridine rings is 1. The van der Waals surface area contributed by atoms with Crippen LogP contribution in [0.1, 0.15) is 15.4 Å². The lowest BCUT2D eigenvalue weighted by Crippen LogP contribution is -2.37. The Morgan fingerprint density at radius 3 is 2.48 bits per heavy atom. The van der Waals surface area contributed by atoms with Gasteiger partial charge in [0, 0.05) is 36.9 Å². The summed E-state index contributed by atoms with van der Waals surface area (Å²) in [5, 5.41) is 5.97. The second-order valence-corrected chi connectivity index (χ2v) is 7.65. The smallest absolute Gasteiger partial charge is 0.322 e. The van der Waals surface area contributed by atoms with Crippen molar-refractivity contribution in [2.45, 2.75) is 6.92 Å². The number of carbonyl (C=O) groups excluding carboxylic acids is 1. The van der Waals surface area contributed by atoms with Gasteiger partial charge in [0.15, 0.2) is 0 Å². The molecule has 0 aliphatic rings. The molecule has 1 aromatic carbocycles. The zero-order valence-electron chi connectivity index (χ0n) is 16.0. The van der Waals surface area contributed by atoms with Crippen molar-refractivity contribution in [3.05, 3.63) is 73.3 Å². The van der Waals surface area contributed by atoms with E-state index in [0.717, 1.165) is 20.8 Å². The van der Waals surface area contributed by atoms with Crippen molar-refractivity contribution in [2.24, 2.45) is 14.1 Å². The van der Waals surface area contributed by atoms with Crippen LogP contribution < -0.4 is 16.6 Å². The molecule has 3 heterocycles. The predicted molar refractivity (Wildman–Crippen MR) is 112 cm³/mol. The van der Waals surface area contributed by atoms with Crippen molar-refractivity contribution < 1.29 is 4.79 Å². The maximum absolute atomic E-state index is 12.6. The van der Waals surface area contributed by atoms with E-state index in [4.69, 9.17) is 0 Å². The number of nitrogens with zero attached hydrogens (tertiary/aromatic N) is 4. The van der Waals surface area contributed by atoms with Crippen molar-refractivity contribution in [2.75, 3.05) is 5.32 Å². The van der Waals surface area contributed by atoms with Crippen molar-refractivity contribution in [3.63, 3.8) is 0 Å². The Morgan fingerprint density at radius 1 is 1.10 bits per heavy atom. The highest BCUT2D eigenvalue weighted by Gasteiger charge is 2.14. The van der Waals surface area contributed by atoms with Crippen molar-refractivity contribution in [1.82, 2.24) is 19.1 Å². The molecule has 0 atom stereocenters. The van der Waals surface area contributed by atoms with E-state index in [9.17, 15) is 14.4 Å². The van der Waals surface area contributed by atoms with Crippen LogP contribution in [0.3, 0.4) is 0 Å². The van der Waals surface area contributed by atoms with Gasteiger partial charge in [-0.3, -0.25) is 18.7 Å². The molecule has 0 fully saturated rings. The van der Waals surface area contributed by atoms with E-state index in [2.05, 4.69) is 15.3 Å². The van der Waals surface area contributed by atoms with Crippen LogP contribution in [0.25, 0.3) is 22.3 Å². The quantitative estimate of drug-likeness (QED) is 0.562. The summed E-state index contributed by atoms with van der Waals surface area (Å²) in [6.45, 7) is 1.95. The number of hydrogen-bond acceptors (Lipinski definition) is 6. The minimum atomic E-state index is -0.492. The summed E-state index contributed by atoms with van der Waals surface area (Å²) in [5.74, 6) is -0.396. The molecule has 0 saturated heterocycles. The van der Waals surface area contributed by atoms with Crippen LogP contribution in [0.4, 0.5) is 5.69 Å². The van der Waals surface area contributed by atoms with Gasteiger partial charge in [0.1, 0.15) is 5.65 Å². The Balaban J connectivity index is 1.62. The van der Waals surface area contributed by atoms with Gasteiger partial charge in [-0.05, 0) is 25.1 Å². The molecule has 0 aliphatic carbocycles. The van der Waals surface area contributed by atoms with Gasteiger partial charge in [-0.25, -0.2) is 14.8 Å².